The van der Waals surface area contributed by atoms with Crippen LogP contribution in [0.5, 0.6) is 0 Å². The largest absolute Gasteiger partial charge is 0.354 e. The van der Waals surface area contributed by atoms with E-state index in [2.05, 4.69) is 27.5 Å². The van der Waals surface area contributed by atoms with Gasteiger partial charge in [-0.3, -0.25) is 9.59 Å². The standard InChI is InChI=1S/C23H29N5O2S/c1-15-25-16(2)28(26-15)13-11-21(29)27-12-7-6-8-17(27)14-19-18-9-4-5-10-20(18)31-22(19)23(30)24-3/h4-5,9-10,17H,6-8,11-14H2,1-3H3,(H,24,30)/t17-/m1/s1. The number of benzene rings is 1. The van der Waals surface area contributed by atoms with Crippen LogP contribution >= 0.6 is 11.3 Å². The number of fused-ring (bicyclic) bond motifs is 1. The minimum absolute atomic E-state index is 0.0538. The summed E-state index contributed by atoms with van der Waals surface area (Å²) < 4.78 is 2.92. The van der Waals surface area contributed by atoms with Crippen molar-refractivity contribution in [3.63, 3.8) is 0 Å². The molecule has 2 aromatic heterocycles. The van der Waals surface area contributed by atoms with Gasteiger partial charge in [0.15, 0.2) is 0 Å². The Morgan fingerprint density at radius 3 is 2.77 bits per heavy atom. The third kappa shape index (κ3) is 4.49. The summed E-state index contributed by atoms with van der Waals surface area (Å²) in [7, 11) is 1.67. The third-order valence-corrected chi connectivity index (χ3v) is 7.23. The smallest absolute Gasteiger partial charge is 0.261 e. The molecular weight excluding hydrogens is 410 g/mol. The molecule has 0 radical (unpaired) electrons. The lowest BCUT2D eigenvalue weighted by Crippen LogP contribution is -2.45. The van der Waals surface area contributed by atoms with E-state index in [9.17, 15) is 9.59 Å². The van der Waals surface area contributed by atoms with Gasteiger partial charge in [-0.05, 0) is 56.5 Å². The Labute approximate surface area is 186 Å². The average molecular weight is 440 g/mol. The molecule has 0 saturated carbocycles. The molecule has 31 heavy (non-hydrogen) atoms. The van der Waals surface area contributed by atoms with Crippen molar-refractivity contribution in [2.45, 2.75) is 58.5 Å². The van der Waals surface area contributed by atoms with Gasteiger partial charge < -0.3 is 10.2 Å². The Kier molecular flexibility index (Phi) is 6.36. The minimum atomic E-state index is -0.0538. The maximum Gasteiger partial charge on any atom is 0.261 e. The molecule has 1 atom stereocenters. The molecule has 1 aromatic carbocycles. The molecule has 0 aliphatic carbocycles. The van der Waals surface area contributed by atoms with Gasteiger partial charge >= 0.3 is 0 Å². The highest BCUT2D eigenvalue weighted by Crippen LogP contribution is 2.34. The van der Waals surface area contributed by atoms with Gasteiger partial charge in [0.2, 0.25) is 5.91 Å². The van der Waals surface area contributed by atoms with Crippen LogP contribution in [0.1, 0.15) is 52.6 Å². The van der Waals surface area contributed by atoms with Crippen molar-refractivity contribution in [1.82, 2.24) is 25.0 Å². The van der Waals surface area contributed by atoms with Gasteiger partial charge in [0, 0.05) is 30.8 Å². The van der Waals surface area contributed by atoms with Crippen molar-refractivity contribution < 1.29 is 9.59 Å². The van der Waals surface area contributed by atoms with Crippen LogP contribution in [-0.4, -0.2) is 51.1 Å². The summed E-state index contributed by atoms with van der Waals surface area (Å²) in [6.07, 6.45) is 4.21. The normalized spacial score (nSPS) is 16.6. The Balaban J connectivity index is 1.55. The molecule has 0 unspecified atom stereocenters. The van der Waals surface area contributed by atoms with Gasteiger partial charge in [-0.1, -0.05) is 18.2 Å². The van der Waals surface area contributed by atoms with Crippen LogP contribution in [0.2, 0.25) is 0 Å². The fraction of sp³-hybridized carbons (Fsp3) is 0.478. The Bertz CT molecular complexity index is 1100. The monoisotopic (exact) mass is 439 g/mol. The second-order valence-electron chi connectivity index (χ2n) is 8.11. The number of carbonyl (C=O) groups excluding carboxylic acids is 2. The van der Waals surface area contributed by atoms with Gasteiger partial charge in [0.1, 0.15) is 11.6 Å². The predicted octanol–water partition coefficient (Wildman–Crippen LogP) is 3.48. The molecule has 1 aliphatic rings. The van der Waals surface area contributed by atoms with E-state index in [0.717, 1.165) is 58.0 Å². The van der Waals surface area contributed by atoms with E-state index in [0.29, 0.717) is 19.4 Å². The van der Waals surface area contributed by atoms with Gasteiger partial charge in [0.25, 0.3) is 5.91 Å². The van der Waals surface area contributed by atoms with Crippen molar-refractivity contribution in [2.24, 2.45) is 0 Å². The van der Waals surface area contributed by atoms with E-state index in [1.807, 2.05) is 35.6 Å². The first-order valence-electron chi connectivity index (χ1n) is 10.9. The summed E-state index contributed by atoms with van der Waals surface area (Å²) >= 11 is 1.53. The summed E-state index contributed by atoms with van der Waals surface area (Å²) in [5.74, 6) is 1.66. The molecular formula is C23H29N5O2S. The molecule has 3 heterocycles. The molecule has 1 saturated heterocycles. The number of aryl methyl sites for hydroxylation is 3. The van der Waals surface area contributed by atoms with E-state index in [1.54, 1.807) is 7.05 Å². The second kappa shape index (κ2) is 9.18. The van der Waals surface area contributed by atoms with Crippen LogP contribution < -0.4 is 5.32 Å². The van der Waals surface area contributed by atoms with E-state index < -0.39 is 0 Å². The second-order valence-corrected chi connectivity index (χ2v) is 9.16. The minimum Gasteiger partial charge on any atom is -0.354 e. The van der Waals surface area contributed by atoms with E-state index in [4.69, 9.17) is 0 Å². The summed E-state index contributed by atoms with van der Waals surface area (Å²) in [6, 6.07) is 8.26. The number of rotatable bonds is 6. The zero-order valence-corrected chi connectivity index (χ0v) is 19.2. The first kappa shape index (κ1) is 21.5. The molecule has 7 nitrogen and oxygen atoms in total. The maximum atomic E-state index is 13.2. The lowest BCUT2D eigenvalue weighted by Gasteiger charge is -2.36. The predicted molar refractivity (Wildman–Crippen MR) is 122 cm³/mol. The highest BCUT2D eigenvalue weighted by atomic mass is 32.1. The molecule has 1 N–H and O–H groups in total. The number of carbonyl (C=O) groups is 2. The third-order valence-electron chi connectivity index (χ3n) is 6.02. The number of amides is 2. The number of nitrogens with one attached hydrogen (secondary N) is 1. The molecule has 4 rings (SSSR count). The van der Waals surface area contributed by atoms with Crippen LogP contribution in [0.15, 0.2) is 24.3 Å². The quantitative estimate of drug-likeness (QED) is 0.638. The van der Waals surface area contributed by atoms with Crippen LogP contribution in [0, 0.1) is 13.8 Å². The Morgan fingerprint density at radius 2 is 2.03 bits per heavy atom. The number of thiophene rings is 1. The number of hydrogen-bond acceptors (Lipinski definition) is 5. The van der Waals surface area contributed by atoms with Crippen molar-refractivity contribution in [1.29, 1.82) is 0 Å². The highest BCUT2D eigenvalue weighted by Gasteiger charge is 2.29. The van der Waals surface area contributed by atoms with Crippen LogP contribution in [0.3, 0.4) is 0 Å². The topological polar surface area (TPSA) is 80.1 Å². The summed E-state index contributed by atoms with van der Waals surface area (Å²) in [5, 5.41) is 8.27. The van der Waals surface area contributed by atoms with Crippen molar-refractivity contribution in [2.75, 3.05) is 13.6 Å². The molecule has 0 bridgehead atoms. The van der Waals surface area contributed by atoms with E-state index in [-0.39, 0.29) is 17.9 Å². The molecule has 3 aromatic rings. The number of hydrogen-bond donors (Lipinski definition) is 1. The van der Waals surface area contributed by atoms with E-state index >= 15 is 0 Å². The molecule has 1 fully saturated rings. The zero-order valence-electron chi connectivity index (χ0n) is 18.4. The van der Waals surface area contributed by atoms with Crippen LogP contribution in [0.25, 0.3) is 10.1 Å². The average Bonchev–Trinajstić information content (AvgIpc) is 3.30. The first-order valence-corrected chi connectivity index (χ1v) is 11.7. The summed E-state index contributed by atoms with van der Waals surface area (Å²) in [5.41, 5.74) is 1.06. The molecule has 164 valence electrons. The van der Waals surface area contributed by atoms with Crippen LogP contribution in [-0.2, 0) is 17.8 Å². The van der Waals surface area contributed by atoms with E-state index in [1.165, 1.54) is 11.3 Å². The number of nitrogens with zero attached hydrogens (tertiary/aromatic N) is 4. The highest BCUT2D eigenvalue weighted by molar-refractivity contribution is 7.21. The zero-order chi connectivity index (χ0) is 22.0. The fourth-order valence-corrected chi connectivity index (χ4v) is 5.67. The summed E-state index contributed by atoms with van der Waals surface area (Å²) in [6.45, 7) is 5.09. The SMILES string of the molecule is CNC(=O)c1sc2ccccc2c1C[C@H]1CCCCN1C(=O)CCn1nc(C)nc1C. The van der Waals surface area contributed by atoms with Gasteiger partial charge in [0.05, 0.1) is 11.4 Å². The van der Waals surface area contributed by atoms with Crippen molar-refractivity contribution in [3.05, 3.63) is 46.4 Å². The first-order chi connectivity index (χ1) is 15.0. The maximum absolute atomic E-state index is 13.2. The lowest BCUT2D eigenvalue weighted by atomic mass is 9.93. The Morgan fingerprint density at radius 1 is 1.23 bits per heavy atom. The molecule has 8 heteroatoms. The van der Waals surface area contributed by atoms with Crippen molar-refractivity contribution >= 4 is 33.2 Å². The summed E-state index contributed by atoms with van der Waals surface area (Å²) in [4.78, 5) is 32.8. The lowest BCUT2D eigenvalue weighted by molar-refractivity contribution is -0.135. The van der Waals surface area contributed by atoms with Gasteiger partial charge in [-0.2, -0.15) is 5.10 Å². The van der Waals surface area contributed by atoms with Gasteiger partial charge in [-0.15, -0.1) is 11.3 Å². The number of likely N-dealkylation sites (tertiary alicyclic amines) is 1. The fourth-order valence-electron chi connectivity index (χ4n) is 4.49. The van der Waals surface area contributed by atoms with Crippen molar-refractivity contribution in [3.8, 4) is 0 Å². The number of aromatic nitrogens is 3. The molecule has 2 amide bonds. The number of piperidine rings is 1. The molecule has 0 spiro atoms. The van der Waals surface area contributed by atoms with Gasteiger partial charge in [-0.25, -0.2) is 9.67 Å². The van der Waals surface area contributed by atoms with Crippen LogP contribution in [0.4, 0.5) is 0 Å². The molecule has 1 aliphatic heterocycles. The Hall–Kier alpha value is -2.74.